The largest absolute Gasteiger partial charge is 0.323 e. The van der Waals surface area contributed by atoms with Gasteiger partial charge in [-0.25, -0.2) is 4.39 Å². The van der Waals surface area contributed by atoms with Gasteiger partial charge in [0.1, 0.15) is 5.82 Å². The quantitative estimate of drug-likeness (QED) is 0.733. The molecule has 2 heterocycles. The Morgan fingerprint density at radius 3 is 2.72 bits per heavy atom. The van der Waals surface area contributed by atoms with Gasteiger partial charge in [-0.15, -0.1) is 0 Å². The molecule has 0 saturated carbocycles. The Balaban J connectivity index is 1.59. The maximum Gasteiger partial charge on any atom is 0.229 e. The lowest BCUT2D eigenvalue weighted by atomic mass is 10.1. The van der Waals surface area contributed by atoms with Crippen molar-refractivity contribution in [2.45, 2.75) is 20.0 Å². The molecule has 6 nitrogen and oxygen atoms in total. The number of halogens is 2. The average molecular weight is 362 g/mol. The first-order valence-corrected chi connectivity index (χ1v) is 8.14. The molecule has 0 saturated heterocycles. The molecular weight excluding hydrogens is 345 g/mol. The molecule has 0 radical (unpaired) electrons. The number of anilines is 1. The van der Waals surface area contributed by atoms with Crippen molar-refractivity contribution in [3.05, 3.63) is 65.5 Å². The van der Waals surface area contributed by atoms with Crippen LogP contribution in [0.15, 0.2) is 49.1 Å². The molecule has 1 aromatic carbocycles. The van der Waals surface area contributed by atoms with Crippen molar-refractivity contribution < 1.29 is 9.18 Å². The van der Waals surface area contributed by atoms with Crippen LogP contribution in [-0.2, 0) is 17.9 Å². The lowest BCUT2D eigenvalue weighted by molar-refractivity contribution is -0.119. The summed E-state index contributed by atoms with van der Waals surface area (Å²) in [5.41, 5.74) is 1.10. The molecule has 8 heteroatoms. The van der Waals surface area contributed by atoms with Gasteiger partial charge in [-0.3, -0.25) is 14.2 Å². The van der Waals surface area contributed by atoms with Crippen LogP contribution in [0.3, 0.4) is 0 Å². The summed E-state index contributed by atoms with van der Waals surface area (Å²) >= 11 is 5.81. The molecule has 0 aliphatic heterocycles. The molecule has 3 rings (SSSR count). The van der Waals surface area contributed by atoms with Crippen LogP contribution in [0, 0.1) is 11.7 Å². The lowest BCUT2D eigenvalue weighted by Gasteiger charge is -2.11. The predicted molar refractivity (Wildman–Crippen MR) is 92.8 cm³/mol. The summed E-state index contributed by atoms with van der Waals surface area (Å²) in [5, 5.41) is 11.5. The van der Waals surface area contributed by atoms with Crippen molar-refractivity contribution in [1.29, 1.82) is 0 Å². The first-order valence-electron chi connectivity index (χ1n) is 7.76. The van der Waals surface area contributed by atoms with Crippen molar-refractivity contribution in [1.82, 2.24) is 19.6 Å². The standard InChI is InChI=1S/C17H17ClFN5O/c1-12(8-23-10-14(18)6-20-23)17(25)22-15-7-21-24(11-15)9-13-4-2-3-5-16(13)19/h2-7,10-12H,8-9H2,1H3,(H,22,25). The minimum absolute atomic E-state index is 0.155. The van der Waals surface area contributed by atoms with E-state index in [1.807, 2.05) is 0 Å². The van der Waals surface area contributed by atoms with Gasteiger partial charge in [-0.05, 0) is 6.07 Å². The maximum absolute atomic E-state index is 13.7. The topological polar surface area (TPSA) is 64.7 Å². The third-order valence-electron chi connectivity index (χ3n) is 3.70. The number of rotatable bonds is 6. The summed E-state index contributed by atoms with van der Waals surface area (Å²) < 4.78 is 16.9. The van der Waals surface area contributed by atoms with Crippen LogP contribution in [0.1, 0.15) is 12.5 Å². The SMILES string of the molecule is CC(Cn1cc(Cl)cn1)C(=O)Nc1cnn(Cc2ccccc2F)c1. The third-order valence-corrected chi connectivity index (χ3v) is 3.90. The fourth-order valence-corrected chi connectivity index (χ4v) is 2.54. The number of carbonyl (C=O) groups is 1. The molecule has 0 aliphatic carbocycles. The molecular formula is C17H17ClFN5O. The molecule has 0 spiro atoms. The molecule has 0 bridgehead atoms. The van der Waals surface area contributed by atoms with Crippen LogP contribution < -0.4 is 5.32 Å². The fraction of sp³-hybridized carbons (Fsp3) is 0.235. The zero-order valence-corrected chi connectivity index (χ0v) is 14.3. The second-order valence-corrected chi connectivity index (χ2v) is 6.23. The molecule has 1 atom stereocenters. The van der Waals surface area contributed by atoms with Crippen molar-refractivity contribution in [2.24, 2.45) is 5.92 Å². The summed E-state index contributed by atoms with van der Waals surface area (Å²) in [6.07, 6.45) is 6.40. The highest BCUT2D eigenvalue weighted by Crippen LogP contribution is 2.13. The van der Waals surface area contributed by atoms with E-state index in [2.05, 4.69) is 15.5 Å². The first kappa shape index (κ1) is 17.2. The number of amides is 1. The van der Waals surface area contributed by atoms with Gasteiger partial charge in [0.05, 0.1) is 42.1 Å². The third kappa shape index (κ3) is 4.45. The van der Waals surface area contributed by atoms with Crippen LogP contribution in [-0.4, -0.2) is 25.5 Å². The number of hydrogen-bond donors (Lipinski definition) is 1. The summed E-state index contributed by atoms with van der Waals surface area (Å²) in [6.45, 7) is 2.51. The monoisotopic (exact) mass is 361 g/mol. The Bertz CT molecular complexity index is 875. The highest BCUT2D eigenvalue weighted by molar-refractivity contribution is 6.30. The first-order chi connectivity index (χ1) is 12.0. The number of benzene rings is 1. The molecule has 3 aromatic rings. The highest BCUT2D eigenvalue weighted by atomic mass is 35.5. The Morgan fingerprint density at radius 1 is 1.24 bits per heavy atom. The van der Waals surface area contributed by atoms with E-state index in [9.17, 15) is 9.18 Å². The molecule has 1 unspecified atom stereocenters. The zero-order valence-electron chi connectivity index (χ0n) is 13.6. The van der Waals surface area contributed by atoms with Crippen molar-refractivity contribution in [3.63, 3.8) is 0 Å². The molecule has 1 amide bonds. The average Bonchev–Trinajstić information content (AvgIpc) is 3.18. The Labute approximate surface area is 149 Å². The minimum Gasteiger partial charge on any atom is -0.323 e. The fourth-order valence-electron chi connectivity index (χ4n) is 2.38. The van der Waals surface area contributed by atoms with E-state index in [0.29, 0.717) is 29.4 Å². The summed E-state index contributed by atoms with van der Waals surface area (Å²) in [4.78, 5) is 12.3. The van der Waals surface area contributed by atoms with E-state index in [1.54, 1.807) is 46.9 Å². The molecule has 0 fully saturated rings. The molecule has 2 aromatic heterocycles. The van der Waals surface area contributed by atoms with E-state index < -0.39 is 0 Å². The van der Waals surface area contributed by atoms with Crippen LogP contribution >= 0.6 is 11.6 Å². The van der Waals surface area contributed by atoms with Gasteiger partial charge in [0.25, 0.3) is 0 Å². The molecule has 25 heavy (non-hydrogen) atoms. The van der Waals surface area contributed by atoms with Gasteiger partial charge < -0.3 is 5.32 Å². The van der Waals surface area contributed by atoms with Crippen LogP contribution in [0.4, 0.5) is 10.1 Å². The van der Waals surface area contributed by atoms with Gasteiger partial charge in [0.15, 0.2) is 0 Å². The van der Waals surface area contributed by atoms with Crippen LogP contribution in [0.25, 0.3) is 0 Å². The minimum atomic E-state index is -0.300. The van der Waals surface area contributed by atoms with Crippen LogP contribution in [0.5, 0.6) is 0 Å². The Kier molecular flexibility index (Phi) is 5.14. The number of nitrogens with zero attached hydrogens (tertiary/aromatic N) is 4. The van der Waals surface area contributed by atoms with E-state index in [-0.39, 0.29) is 17.6 Å². The smallest absolute Gasteiger partial charge is 0.229 e. The van der Waals surface area contributed by atoms with E-state index in [4.69, 9.17) is 11.6 Å². The summed E-state index contributed by atoms with van der Waals surface area (Å²) in [5.74, 6) is -0.738. The lowest BCUT2D eigenvalue weighted by Crippen LogP contribution is -2.24. The zero-order chi connectivity index (χ0) is 17.8. The summed E-state index contributed by atoms with van der Waals surface area (Å²) in [6, 6.07) is 6.52. The summed E-state index contributed by atoms with van der Waals surface area (Å²) in [7, 11) is 0. The number of aromatic nitrogens is 4. The maximum atomic E-state index is 13.7. The van der Waals surface area contributed by atoms with Crippen molar-refractivity contribution in [2.75, 3.05) is 5.32 Å². The van der Waals surface area contributed by atoms with Crippen LogP contribution in [0.2, 0.25) is 5.02 Å². The second kappa shape index (κ2) is 7.48. The van der Waals surface area contributed by atoms with E-state index in [1.165, 1.54) is 18.5 Å². The van der Waals surface area contributed by atoms with E-state index in [0.717, 1.165) is 0 Å². The molecule has 130 valence electrons. The van der Waals surface area contributed by atoms with E-state index >= 15 is 0 Å². The van der Waals surface area contributed by atoms with Gasteiger partial charge >= 0.3 is 0 Å². The van der Waals surface area contributed by atoms with Gasteiger partial charge in [-0.1, -0.05) is 36.7 Å². The van der Waals surface area contributed by atoms with Gasteiger partial charge in [-0.2, -0.15) is 10.2 Å². The Morgan fingerprint density at radius 2 is 2.00 bits per heavy atom. The Hall–Kier alpha value is -2.67. The van der Waals surface area contributed by atoms with Crippen molar-refractivity contribution in [3.8, 4) is 0 Å². The second-order valence-electron chi connectivity index (χ2n) is 5.79. The van der Waals surface area contributed by atoms with Gasteiger partial charge in [0, 0.05) is 18.0 Å². The highest BCUT2D eigenvalue weighted by Gasteiger charge is 2.15. The number of carbonyl (C=O) groups excluding carboxylic acids is 1. The normalized spacial score (nSPS) is 12.1. The molecule has 0 aliphatic rings. The van der Waals surface area contributed by atoms with Crippen molar-refractivity contribution >= 4 is 23.2 Å². The molecule has 1 N–H and O–H groups in total. The van der Waals surface area contributed by atoms with Gasteiger partial charge in [0.2, 0.25) is 5.91 Å². The predicted octanol–water partition coefficient (Wildman–Crippen LogP) is 3.20. The number of hydrogen-bond acceptors (Lipinski definition) is 3. The number of nitrogens with one attached hydrogen (secondary N) is 1.